The second-order valence-electron chi connectivity index (χ2n) is 6.92. The van der Waals surface area contributed by atoms with Crippen LogP contribution in [0.2, 0.25) is 0 Å². The predicted octanol–water partition coefficient (Wildman–Crippen LogP) is 3.28. The summed E-state index contributed by atoms with van der Waals surface area (Å²) in [5, 5.41) is 3.39. The van der Waals surface area contributed by atoms with Gasteiger partial charge in [-0.1, -0.05) is 37.3 Å². The van der Waals surface area contributed by atoms with Gasteiger partial charge in [-0.3, -0.25) is 4.90 Å². The summed E-state index contributed by atoms with van der Waals surface area (Å²) in [7, 11) is 2.06. The van der Waals surface area contributed by atoms with Crippen molar-refractivity contribution in [2.75, 3.05) is 26.7 Å². The van der Waals surface area contributed by atoms with Crippen LogP contribution in [0.5, 0.6) is 0 Å². The monoisotopic (exact) mass is 274 g/mol. The molecule has 2 nitrogen and oxygen atoms in total. The molecule has 1 aromatic carbocycles. The average molecular weight is 274 g/mol. The molecule has 0 aliphatic heterocycles. The summed E-state index contributed by atoms with van der Waals surface area (Å²) < 4.78 is 0. The highest BCUT2D eigenvalue weighted by atomic mass is 15.2. The largest absolute Gasteiger partial charge is 0.319 e. The molecule has 0 heterocycles. The Labute approximate surface area is 124 Å². The molecule has 0 amide bonds. The Bertz CT molecular complexity index is 397. The van der Waals surface area contributed by atoms with E-state index in [1.165, 1.54) is 24.9 Å². The first-order valence-electron chi connectivity index (χ1n) is 7.99. The molecule has 1 aliphatic carbocycles. The molecular formula is C18H30N2. The first-order valence-corrected chi connectivity index (χ1v) is 7.99. The molecule has 1 unspecified atom stereocenters. The van der Waals surface area contributed by atoms with Gasteiger partial charge in [0.2, 0.25) is 0 Å². The van der Waals surface area contributed by atoms with Gasteiger partial charge in [0.05, 0.1) is 0 Å². The molecule has 1 saturated carbocycles. The Morgan fingerprint density at radius 2 is 1.90 bits per heavy atom. The van der Waals surface area contributed by atoms with Crippen LogP contribution < -0.4 is 5.32 Å². The Hall–Kier alpha value is -0.860. The molecule has 2 heteroatoms. The minimum absolute atomic E-state index is 0.176. The van der Waals surface area contributed by atoms with Crippen molar-refractivity contribution in [1.29, 1.82) is 0 Å². The number of rotatable bonds is 8. The highest BCUT2D eigenvalue weighted by Gasteiger charge is 2.32. The fourth-order valence-corrected chi connectivity index (χ4v) is 3.02. The zero-order chi connectivity index (χ0) is 14.6. The molecule has 0 aromatic heterocycles. The van der Waals surface area contributed by atoms with E-state index in [4.69, 9.17) is 0 Å². The van der Waals surface area contributed by atoms with Gasteiger partial charge in [-0.2, -0.15) is 0 Å². The Kier molecular flexibility index (Phi) is 5.22. The highest BCUT2D eigenvalue weighted by molar-refractivity contribution is 5.25. The summed E-state index contributed by atoms with van der Waals surface area (Å²) in [4.78, 5) is 2.67. The predicted molar refractivity (Wildman–Crippen MR) is 87.2 cm³/mol. The van der Waals surface area contributed by atoms with E-state index in [1.54, 1.807) is 0 Å². The summed E-state index contributed by atoms with van der Waals surface area (Å²) >= 11 is 0. The Morgan fingerprint density at radius 3 is 2.40 bits per heavy atom. The van der Waals surface area contributed by atoms with E-state index in [1.807, 2.05) is 0 Å². The molecule has 1 aliphatic rings. The molecule has 0 saturated heterocycles. The van der Waals surface area contributed by atoms with Crippen LogP contribution in [0, 0.1) is 5.92 Å². The fourth-order valence-electron chi connectivity index (χ4n) is 3.02. The molecule has 112 valence electrons. The zero-order valence-electron chi connectivity index (χ0n) is 13.5. The smallest absolute Gasteiger partial charge is 0.0177 e. The number of hydrogen-bond donors (Lipinski definition) is 1. The van der Waals surface area contributed by atoms with Crippen molar-refractivity contribution in [3.8, 4) is 0 Å². The van der Waals surface area contributed by atoms with Crippen LogP contribution >= 0.6 is 0 Å². The minimum Gasteiger partial charge on any atom is -0.319 e. The topological polar surface area (TPSA) is 15.3 Å². The number of likely N-dealkylation sites (N-methyl/N-ethyl adjacent to an activating group) is 1. The van der Waals surface area contributed by atoms with Crippen molar-refractivity contribution in [1.82, 2.24) is 10.2 Å². The van der Waals surface area contributed by atoms with Gasteiger partial charge < -0.3 is 5.32 Å². The van der Waals surface area contributed by atoms with E-state index in [0.717, 1.165) is 19.0 Å². The summed E-state index contributed by atoms with van der Waals surface area (Å²) in [5.41, 5.74) is 1.62. The highest BCUT2D eigenvalue weighted by Crippen LogP contribution is 2.32. The summed E-state index contributed by atoms with van der Waals surface area (Å²) in [6.45, 7) is 10.5. The van der Waals surface area contributed by atoms with Crippen LogP contribution in [0.25, 0.3) is 0 Å². The van der Waals surface area contributed by atoms with Crippen molar-refractivity contribution < 1.29 is 0 Å². The third kappa shape index (κ3) is 4.07. The van der Waals surface area contributed by atoms with Crippen LogP contribution in [0.3, 0.4) is 0 Å². The van der Waals surface area contributed by atoms with Gasteiger partial charge in [-0.05, 0) is 45.2 Å². The van der Waals surface area contributed by atoms with Gasteiger partial charge in [-0.25, -0.2) is 0 Å². The Morgan fingerprint density at radius 1 is 1.25 bits per heavy atom. The zero-order valence-corrected chi connectivity index (χ0v) is 13.5. The van der Waals surface area contributed by atoms with Crippen molar-refractivity contribution in [3.05, 3.63) is 35.9 Å². The summed E-state index contributed by atoms with van der Waals surface area (Å²) in [6.07, 6.45) is 2.86. The van der Waals surface area contributed by atoms with E-state index in [2.05, 4.69) is 68.4 Å². The fraction of sp³-hybridized carbons (Fsp3) is 0.667. The van der Waals surface area contributed by atoms with Crippen LogP contribution in [0.15, 0.2) is 30.3 Å². The standard InChI is InChI=1S/C18H30N2/c1-15(2)20(12-16-10-11-16)14-18(3,13-19-4)17-8-6-5-7-9-17/h5-9,15-16,19H,10-14H2,1-4H3. The van der Waals surface area contributed by atoms with Gasteiger partial charge in [0.25, 0.3) is 0 Å². The number of benzene rings is 1. The third-order valence-corrected chi connectivity index (χ3v) is 4.51. The second-order valence-corrected chi connectivity index (χ2v) is 6.92. The van der Waals surface area contributed by atoms with Gasteiger partial charge in [0.15, 0.2) is 0 Å². The van der Waals surface area contributed by atoms with E-state index >= 15 is 0 Å². The van der Waals surface area contributed by atoms with E-state index in [-0.39, 0.29) is 5.41 Å². The SMILES string of the molecule is CNCC(C)(CN(CC1CC1)C(C)C)c1ccccc1. The van der Waals surface area contributed by atoms with Crippen molar-refractivity contribution in [3.63, 3.8) is 0 Å². The lowest BCUT2D eigenvalue weighted by molar-refractivity contribution is 0.166. The van der Waals surface area contributed by atoms with Crippen LogP contribution in [0.1, 0.15) is 39.2 Å². The molecule has 0 bridgehead atoms. The molecule has 20 heavy (non-hydrogen) atoms. The van der Waals surface area contributed by atoms with E-state index in [9.17, 15) is 0 Å². The minimum atomic E-state index is 0.176. The van der Waals surface area contributed by atoms with Crippen LogP contribution in [0.4, 0.5) is 0 Å². The lowest BCUT2D eigenvalue weighted by Crippen LogP contribution is -2.47. The molecule has 1 fully saturated rings. The number of nitrogens with one attached hydrogen (secondary N) is 1. The molecule has 1 aromatic rings. The van der Waals surface area contributed by atoms with Crippen molar-refractivity contribution in [2.45, 2.75) is 45.1 Å². The first kappa shape index (κ1) is 15.5. The maximum atomic E-state index is 3.39. The van der Waals surface area contributed by atoms with Crippen LogP contribution in [-0.2, 0) is 5.41 Å². The maximum Gasteiger partial charge on any atom is 0.0177 e. The van der Waals surface area contributed by atoms with Gasteiger partial charge in [-0.15, -0.1) is 0 Å². The normalized spacial score (nSPS) is 18.5. The lowest BCUT2D eigenvalue weighted by Gasteiger charge is -2.38. The van der Waals surface area contributed by atoms with Gasteiger partial charge in [0, 0.05) is 31.1 Å². The van der Waals surface area contributed by atoms with Gasteiger partial charge >= 0.3 is 0 Å². The van der Waals surface area contributed by atoms with E-state index < -0.39 is 0 Å². The van der Waals surface area contributed by atoms with E-state index in [0.29, 0.717) is 6.04 Å². The van der Waals surface area contributed by atoms with Crippen LogP contribution in [-0.4, -0.2) is 37.6 Å². The second kappa shape index (κ2) is 6.73. The average Bonchev–Trinajstić information content (AvgIpc) is 3.23. The van der Waals surface area contributed by atoms with Crippen molar-refractivity contribution in [2.24, 2.45) is 5.92 Å². The molecule has 0 radical (unpaired) electrons. The molecular weight excluding hydrogens is 244 g/mol. The van der Waals surface area contributed by atoms with Crippen molar-refractivity contribution >= 4 is 0 Å². The molecule has 2 rings (SSSR count). The van der Waals surface area contributed by atoms with Gasteiger partial charge in [0.1, 0.15) is 0 Å². The molecule has 1 N–H and O–H groups in total. The lowest BCUT2D eigenvalue weighted by atomic mass is 9.81. The third-order valence-electron chi connectivity index (χ3n) is 4.51. The number of hydrogen-bond acceptors (Lipinski definition) is 2. The maximum absolute atomic E-state index is 3.39. The number of nitrogens with zero attached hydrogens (tertiary/aromatic N) is 1. The quantitative estimate of drug-likeness (QED) is 0.782. The Balaban J connectivity index is 2.13. The molecule has 0 spiro atoms. The molecule has 1 atom stereocenters. The summed E-state index contributed by atoms with van der Waals surface area (Å²) in [6, 6.07) is 11.6. The summed E-state index contributed by atoms with van der Waals surface area (Å²) in [5.74, 6) is 0.951. The first-order chi connectivity index (χ1) is 9.55.